The third kappa shape index (κ3) is 1.53. The van der Waals surface area contributed by atoms with E-state index in [0.29, 0.717) is 0 Å². The Bertz CT molecular complexity index is 269. The highest BCUT2D eigenvalue weighted by atomic mass is 16.3. The zero-order valence-electron chi connectivity index (χ0n) is 5.93. The zero-order chi connectivity index (χ0) is 8.43. The van der Waals surface area contributed by atoms with Gasteiger partial charge in [0, 0.05) is 7.05 Å². The van der Waals surface area contributed by atoms with Gasteiger partial charge in [-0.1, -0.05) is 0 Å². The lowest BCUT2D eigenvalue weighted by Crippen LogP contribution is -2.21. The van der Waals surface area contributed by atoms with Crippen LogP contribution in [0, 0.1) is 0 Å². The molecule has 6 nitrogen and oxygen atoms in total. The number of aromatic nitrogens is 3. The van der Waals surface area contributed by atoms with Gasteiger partial charge in [0.1, 0.15) is 5.69 Å². The molecule has 1 unspecified atom stereocenters. The highest BCUT2D eigenvalue weighted by molar-refractivity contribution is 5.79. The topological polar surface area (TPSA) is 94.0 Å². The Morgan fingerprint density at radius 1 is 1.91 bits per heavy atom. The van der Waals surface area contributed by atoms with Crippen molar-refractivity contribution in [2.45, 2.75) is 6.10 Å². The molecule has 0 aromatic carbocycles. The van der Waals surface area contributed by atoms with Gasteiger partial charge in [-0.3, -0.25) is 4.79 Å². The first-order valence-electron chi connectivity index (χ1n) is 2.95. The fourth-order valence-corrected chi connectivity index (χ4v) is 0.632. The zero-order valence-corrected chi connectivity index (χ0v) is 5.93. The Hall–Kier alpha value is -1.43. The van der Waals surface area contributed by atoms with Gasteiger partial charge in [-0.2, -0.15) is 15.0 Å². The molecule has 0 aliphatic heterocycles. The first kappa shape index (κ1) is 7.67. The highest BCUT2D eigenvalue weighted by Crippen LogP contribution is 2.05. The molecule has 1 atom stereocenters. The number of nitrogens with two attached hydrogens (primary N) is 1. The Labute approximate surface area is 62.6 Å². The third-order valence-electron chi connectivity index (χ3n) is 1.17. The number of nitrogens with zero attached hydrogens (tertiary/aromatic N) is 3. The number of hydrogen-bond donors (Lipinski definition) is 2. The molecular formula is C5H8N4O2. The van der Waals surface area contributed by atoms with Crippen molar-refractivity contribution in [1.29, 1.82) is 0 Å². The van der Waals surface area contributed by atoms with Crippen molar-refractivity contribution in [2.24, 2.45) is 12.8 Å². The second-order valence-corrected chi connectivity index (χ2v) is 2.06. The van der Waals surface area contributed by atoms with Gasteiger partial charge in [0.05, 0.1) is 6.20 Å². The summed E-state index contributed by atoms with van der Waals surface area (Å²) in [5, 5.41) is 16.4. The van der Waals surface area contributed by atoms with Gasteiger partial charge >= 0.3 is 0 Å². The molecule has 0 bridgehead atoms. The van der Waals surface area contributed by atoms with Crippen LogP contribution in [-0.2, 0) is 11.8 Å². The number of hydrogen-bond acceptors (Lipinski definition) is 4. The quantitative estimate of drug-likeness (QED) is 0.535. The minimum absolute atomic E-state index is 0.167. The van der Waals surface area contributed by atoms with Crippen molar-refractivity contribution < 1.29 is 9.90 Å². The summed E-state index contributed by atoms with van der Waals surface area (Å²) in [6, 6.07) is 0. The third-order valence-corrected chi connectivity index (χ3v) is 1.17. The van der Waals surface area contributed by atoms with Crippen molar-refractivity contribution in [3.63, 3.8) is 0 Å². The molecule has 60 valence electrons. The van der Waals surface area contributed by atoms with Crippen LogP contribution in [0.2, 0.25) is 0 Å². The van der Waals surface area contributed by atoms with Crippen molar-refractivity contribution in [2.75, 3.05) is 0 Å². The summed E-state index contributed by atoms with van der Waals surface area (Å²) >= 11 is 0. The van der Waals surface area contributed by atoms with Gasteiger partial charge in [-0.05, 0) is 0 Å². The van der Waals surface area contributed by atoms with Crippen molar-refractivity contribution in [3.8, 4) is 0 Å². The molecule has 0 radical (unpaired) electrons. The van der Waals surface area contributed by atoms with E-state index in [4.69, 9.17) is 10.8 Å². The molecule has 1 heterocycles. The summed E-state index contributed by atoms with van der Waals surface area (Å²) in [5.74, 6) is -0.828. The lowest BCUT2D eigenvalue weighted by Gasteiger charge is -1.98. The summed E-state index contributed by atoms with van der Waals surface area (Å²) < 4.78 is 0. The summed E-state index contributed by atoms with van der Waals surface area (Å²) in [7, 11) is 1.58. The number of rotatable bonds is 2. The van der Waals surface area contributed by atoms with Gasteiger partial charge < -0.3 is 10.8 Å². The number of primary amides is 1. The molecule has 11 heavy (non-hydrogen) atoms. The molecule has 1 aromatic heterocycles. The molecule has 0 aliphatic carbocycles. The second kappa shape index (κ2) is 2.67. The molecule has 0 aliphatic rings. The van der Waals surface area contributed by atoms with E-state index in [1.807, 2.05) is 0 Å². The van der Waals surface area contributed by atoms with Crippen LogP contribution >= 0.6 is 0 Å². The van der Waals surface area contributed by atoms with E-state index < -0.39 is 12.0 Å². The molecule has 1 rings (SSSR count). The fourth-order valence-electron chi connectivity index (χ4n) is 0.632. The normalized spacial score (nSPS) is 12.9. The van der Waals surface area contributed by atoms with Crippen LogP contribution in [-0.4, -0.2) is 26.0 Å². The first-order chi connectivity index (χ1) is 5.11. The monoisotopic (exact) mass is 156 g/mol. The molecule has 1 aromatic rings. The van der Waals surface area contributed by atoms with Crippen LogP contribution in [0.3, 0.4) is 0 Å². The molecule has 0 saturated carbocycles. The Morgan fingerprint density at radius 2 is 2.55 bits per heavy atom. The smallest absolute Gasteiger partial charge is 0.252 e. The van der Waals surface area contributed by atoms with E-state index in [2.05, 4.69) is 10.2 Å². The summed E-state index contributed by atoms with van der Waals surface area (Å²) in [6.07, 6.45) is -0.0706. The van der Waals surface area contributed by atoms with E-state index in [1.165, 1.54) is 11.0 Å². The maximum absolute atomic E-state index is 10.4. The van der Waals surface area contributed by atoms with Gasteiger partial charge in [0.25, 0.3) is 5.91 Å². The second-order valence-electron chi connectivity index (χ2n) is 2.06. The number of carbonyl (C=O) groups is 1. The van der Waals surface area contributed by atoms with Gasteiger partial charge in [-0.25, -0.2) is 0 Å². The van der Waals surface area contributed by atoms with E-state index in [-0.39, 0.29) is 5.69 Å². The number of aryl methyl sites for hydroxylation is 1. The predicted molar refractivity (Wildman–Crippen MR) is 35.2 cm³/mol. The van der Waals surface area contributed by atoms with Gasteiger partial charge in [-0.15, -0.1) is 0 Å². The number of carbonyl (C=O) groups excluding carboxylic acids is 1. The molecule has 3 N–H and O–H groups in total. The first-order valence-corrected chi connectivity index (χ1v) is 2.95. The summed E-state index contributed by atoms with van der Waals surface area (Å²) in [6.45, 7) is 0. The SMILES string of the molecule is Cn1ncc(C(O)C(N)=O)n1. The van der Waals surface area contributed by atoms with E-state index in [0.717, 1.165) is 0 Å². The van der Waals surface area contributed by atoms with Crippen molar-refractivity contribution >= 4 is 5.91 Å². The Balaban J connectivity index is 2.84. The number of amides is 1. The molecule has 0 spiro atoms. The lowest BCUT2D eigenvalue weighted by molar-refractivity contribution is -0.126. The van der Waals surface area contributed by atoms with Gasteiger partial charge in [0.15, 0.2) is 6.10 Å². The summed E-state index contributed by atoms with van der Waals surface area (Å²) in [5.41, 5.74) is 4.98. The average molecular weight is 156 g/mol. The van der Waals surface area contributed by atoms with E-state index >= 15 is 0 Å². The Kier molecular flexibility index (Phi) is 1.86. The van der Waals surface area contributed by atoms with Gasteiger partial charge in [0.2, 0.25) is 0 Å². The molecule has 1 amide bonds. The minimum Gasteiger partial charge on any atom is -0.377 e. The van der Waals surface area contributed by atoms with Crippen molar-refractivity contribution in [3.05, 3.63) is 11.9 Å². The fraction of sp³-hybridized carbons (Fsp3) is 0.400. The molecule has 0 saturated heterocycles. The maximum atomic E-state index is 10.4. The summed E-state index contributed by atoms with van der Waals surface area (Å²) in [4.78, 5) is 11.6. The van der Waals surface area contributed by atoms with Crippen LogP contribution in [0.5, 0.6) is 0 Å². The van der Waals surface area contributed by atoms with Crippen LogP contribution in [0.15, 0.2) is 6.20 Å². The Morgan fingerprint density at radius 3 is 2.91 bits per heavy atom. The predicted octanol–water partition coefficient (Wildman–Crippen LogP) is -1.67. The molecule has 0 fully saturated rings. The number of aliphatic hydroxyl groups is 1. The van der Waals surface area contributed by atoms with Crippen molar-refractivity contribution in [1.82, 2.24) is 15.0 Å². The maximum Gasteiger partial charge on any atom is 0.252 e. The average Bonchev–Trinajstić information content (AvgIpc) is 2.34. The van der Waals surface area contributed by atoms with E-state index in [9.17, 15) is 4.79 Å². The van der Waals surface area contributed by atoms with Crippen LogP contribution in [0.1, 0.15) is 11.8 Å². The number of aliphatic hydroxyl groups excluding tert-OH is 1. The highest BCUT2D eigenvalue weighted by Gasteiger charge is 2.16. The molecular weight excluding hydrogens is 148 g/mol. The molecule has 6 heteroatoms. The van der Waals surface area contributed by atoms with Crippen LogP contribution < -0.4 is 5.73 Å². The lowest BCUT2D eigenvalue weighted by atomic mass is 10.3. The van der Waals surface area contributed by atoms with Crippen LogP contribution in [0.25, 0.3) is 0 Å². The standard InChI is InChI=1S/C5H8N4O2/c1-9-7-2-3(8-9)4(10)5(6)11/h2,4,10H,1H3,(H2,6,11). The largest absolute Gasteiger partial charge is 0.377 e. The van der Waals surface area contributed by atoms with Crippen LogP contribution in [0.4, 0.5) is 0 Å². The minimum atomic E-state index is -1.36. The van der Waals surface area contributed by atoms with E-state index in [1.54, 1.807) is 7.05 Å².